The van der Waals surface area contributed by atoms with Crippen molar-refractivity contribution < 1.29 is 0 Å². The van der Waals surface area contributed by atoms with Gasteiger partial charge in [-0.2, -0.15) is 45.3 Å². The van der Waals surface area contributed by atoms with Gasteiger partial charge in [0.05, 0.1) is 0 Å². The predicted octanol–water partition coefficient (Wildman–Crippen LogP) is 6.90. The van der Waals surface area contributed by atoms with Gasteiger partial charge in [0.2, 0.25) is 0 Å². The van der Waals surface area contributed by atoms with Crippen LogP contribution in [-0.2, 0) is 0 Å². The van der Waals surface area contributed by atoms with Crippen LogP contribution in [0.2, 0.25) is 0 Å². The van der Waals surface area contributed by atoms with Crippen LogP contribution in [0.25, 0.3) is 0 Å². The minimum atomic E-state index is 0.390. The van der Waals surface area contributed by atoms with Crippen molar-refractivity contribution >= 4 is 45.3 Å². The van der Waals surface area contributed by atoms with Crippen LogP contribution < -0.4 is 0 Å². The molecule has 0 nitrogen and oxygen atoms in total. The molecule has 0 aliphatic rings. The first-order valence-corrected chi connectivity index (χ1v) is 10.8. The first-order chi connectivity index (χ1) is 10.9. The fraction of sp³-hybridized carbons (Fsp3) is 0.111. The van der Waals surface area contributed by atoms with E-state index in [0.717, 1.165) is 0 Å². The molecule has 0 fully saturated rings. The van der Waals surface area contributed by atoms with Crippen molar-refractivity contribution in [1.82, 2.24) is 0 Å². The zero-order valence-electron chi connectivity index (χ0n) is 11.7. The minimum absolute atomic E-state index is 0.390. The topological polar surface area (TPSA) is 0 Å². The van der Waals surface area contributed by atoms with E-state index in [1.165, 1.54) is 22.3 Å². The van der Waals surface area contributed by atoms with Gasteiger partial charge in [-0.15, -0.1) is 0 Å². The van der Waals surface area contributed by atoms with E-state index in [1.54, 1.807) is 45.3 Å². The van der Waals surface area contributed by atoms with Gasteiger partial charge in [-0.1, -0.05) is 0 Å². The molecule has 4 aromatic heterocycles. The van der Waals surface area contributed by atoms with Gasteiger partial charge in [0, 0.05) is 11.8 Å². The molecule has 0 aliphatic heterocycles. The second-order valence-electron chi connectivity index (χ2n) is 5.18. The number of rotatable bonds is 5. The van der Waals surface area contributed by atoms with Crippen molar-refractivity contribution in [3.63, 3.8) is 0 Å². The number of hydrogen-bond donors (Lipinski definition) is 0. The van der Waals surface area contributed by atoms with Crippen LogP contribution in [0, 0.1) is 0 Å². The van der Waals surface area contributed by atoms with Crippen molar-refractivity contribution in [2.75, 3.05) is 0 Å². The average molecular weight is 359 g/mol. The third-order valence-electron chi connectivity index (χ3n) is 3.94. The SMILES string of the molecule is c1cc(C(c2ccsc2)C(c2ccsc2)c2ccsc2)cs1. The van der Waals surface area contributed by atoms with Crippen LogP contribution in [0.5, 0.6) is 0 Å². The molecule has 0 aromatic carbocycles. The highest BCUT2D eigenvalue weighted by Crippen LogP contribution is 2.45. The lowest BCUT2D eigenvalue weighted by Gasteiger charge is -2.26. The summed E-state index contributed by atoms with van der Waals surface area (Å²) in [5.74, 6) is 0.781. The van der Waals surface area contributed by atoms with E-state index in [2.05, 4.69) is 67.3 Å². The highest BCUT2D eigenvalue weighted by molar-refractivity contribution is 7.08. The zero-order valence-corrected chi connectivity index (χ0v) is 15.0. The molecule has 0 atom stereocenters. The van der Waals surface area contributed by atoms with Gasteiger partial charge in [-0.05, 0) is 89.6 Å². The van der Waals surface area contributed by atoms with E-state index in [-0.39, 0.29) is 0 Å². The lowest BCUT2D eigenvalue weighted by molar-refractivity contribution is 0.703. The fourth-order valence-corrected chi connectivity index (χ4v) is 5.75. The van der Waals surface area contributed by atoms with E-state index in [4.69, 9.17) is 0 Å². The Kier molecular flexibility index (Phi) is 4.26. The zero-order chi connectivity index (χ0) is 14.8. The van der Waals surface area contributed by atoms with E-state index < -0.39 is 0 Å². The molecule has 0 saturated heterocycles. The Balaban J connectivity index is 1.88. The molecule has 4 aromatic rings. The van der Waals surface area contributed by atoms with Gasteiger partial charge in [0.15, 0.2) is 0 Å². The third kappa shape index (κ3) is 2.72. The van der Waals surface area contributed by atoms with Gasteiger partial charge < -0.3 is 0 Å². The van der Waals surface area contributed by atoms with Crippen LogP contribution in [0.15, 0.2) is 67.3 Å². The molecule has 4 heteroatoms. The molecule has 0 saturated carbocycles. The highest BCUT2D eigenvalue weighted by Gasteiger charge is 2.29. The molecule has 0 spiro atoms. The Morgan fingerprint density at radius 3 is 0.909 bits per heavy atom. The first kappa shape index (κ1) is 14.4. The summed E-state index contributed by atoms with van der Waals surface area (Å²) < 4.78 is 0. The number of hydrogen-bond acceptors (Lipinski definition) is 4. The molecule has 0 radical (unpaired) electrons. The van der Waals surface area contributed by atoms with Crippen LogP contribution in [0.1, 0.15) is 34.1 Å². The molecule has 0 aliphatic carbocycles. The average Bonchev–Trinajstić information content (AvgIpc) is 3.35. The highest BCUT2D eigenvalue weighted by atomic mass is 32.1. The number of thiophene rings is 4. The molecule has 0 amide bonds. The summed E-state index contributed by atoms with van der Waals surface area (Å²) in [5.41, 5.74) is 5.69. The Labute approximate surface area is 146 Å². The summed E-state index contributed by atoms with van der Waals surface area (Å²) in [6, 6.07) is 9.11. The van der Waals surface area contributed by atoms with Crippen LogP contribution >= 0.6 is 45.3 Å². The van der Waals surface area contributed by atoms with Gasteiger partial charge in [-0.25, -0.2) is 0 Å². The lowest BCUT2D eigenvalue weighted by Crippen LogP contribution is -2.12. The summed E-state index contributed by atoms with van der Waals surface area (Å²) >= 11 is 7.14. The summed E-state index contributed by atoms with van der Waals surface area (Å²) in [4.78, 5) is 0. The molecule has 4 heterocycles. The van der Waals surface area contributed by atoms with Crippen LogP contribution in [0.3, 0.4) is 0 Å². The first-order valence-electron chi connectivity index (χ1n) is 7.02. The summed E-state index contributed by atoms with van der Waals surface area (Å²) in [6.07, 6.45) is 0. The normalized spacial score (nSPS) is 11.5. The van der Waals surface area contributed by atoms with E-state index >= 15 is 0 Å². The predicted molar refractivity (Wildman–Crippen MR) is 101 cm³/mol. The molecule has 0 N–H and O–H groups in total. The summed E-state index contributed by atoms with van der Waals surface area (Å²) in [6.45, 7) is 0. The summed E-state index contributed by atoms with van der Waals surface area (Å²) in [7, 11) is 0. The van der Waals surface area contributed by atoms with Crippen molar-refractivity contribution in [2.24, 2.45) is 0 Å². The van der Waals surface area contributed by atoms with Gasteiger partial charge in [0.25, 0.3) is 0 Å². The Morgan fingerprint density at radius 2 is 0.727 bits per heavy atom. The lowest BCUT2D eigenvalue weighted by atomic mass is 9.77. The Morgan fingerprint density at radius 1 is 0.455 bits per heavy atom. The fourth-order valence-electron chi connectivity index (χ4n) is 2.96. The second kappa shape index (κ2) is 6.50. The maximum Gasteiger partial charge on any atom is 0.0216 e. The smallest absolute Gasteiger partial charge is 0.0216 e. The maximum absolute atomic E-state index is 2.30. The molecule has 0 bridgehead atoms. The molecular weight excluding hydrogens is 344 g/mol. The molecule has 0 unspecified atom stereocenters. The molecular formula is C18H14S4. The van der Waals surface area contributed by atoms with E-state index in [0.29, 0.717) is 11.8 Å². The largest absolute Gasteiger partial charge is 0.152 e. The van der Waals surface area contributed by atoms with Gasteiger partial charge in [0.1, 0.15) is 0 Å². The van der Waals surface area contributed by atoms with E-state index in [9.17, 15) is 0 Å². The van der Waals surface area contributed by atoms with Crippen LogP contribution in [0.4, 0.5) is 0 Å². The Hall–Kier alpha value is -1.20. The second-order valence-corrected chi connectivity index (χ2v) is 8.30. The summed E-state index contributed by atoms with van der Waals surface area (Å²) in [5, 5.41) is 17.9. The van der Waals surface area contributed by atoms with E-state index in [1.807, 2.05) is 0 Å². The Bertz CT molecular complexity index is 639. The van der Waals surface area contributed by atoms with Crippen molar-refractivity contribution in [2.45, 2.75) is 11.8 Å². The standard InChI is InChI=1S/C18H14S4/c1-5-19-9-13(1)17(14-2-6-20-10-14)18(15-3-7-21-11-15)16-4-8-22-12-16/h1-12,17-18H. The molecule has 22 heavy (non-hydrogen) atoms. The van der Waals surface area contributed by atoms with Crippen molar-refractivity contribution in [1.29, 1.82) is 0 Å². The van der Waals surface area contributed by atoms with Gasteiger partial charge in [-0.3, -0.25) is 0 Å². The molecule has 110 valence electrons. The maximum atomic E-state index is 2.30. The molecule has 4 rings (SSSR count). The quantitative estimate of drug-likeness (QED) is 0.364. The van der Waals surface area contributed by atoms with Gasteiger partial charge >= 0.3 is 0 Å². The third-order valence-corrected chi connectivity index (χ3v) is 6.75. The minimum Gasteiger partial charge on any atom is -0.152 e. The monoisotopic (exact) mass is 358 g/mol. The van der Waals surface area contributed by atoms with Crippen molar-refractivity contribution in [3.05, 3.63) is 89.6 Å². The van der Waals surface area contributed by atoms with Crippen molar-refractivity contribution in [3.8, 4) is 0 Å². The van der Waals surface area contributed by atoms with Crippen LogP contribution in [-0.4, -0.2) is 0 Å².